The molecule has 0 radical (unpaired) electrons. The summed E-state index contributed by atoms with van der Waals surface area (Å²) in [5.41, 5.74) is 3.60. The van der Waals surface area contributed by atoms with Gasteiger partial charge in [-0.1, -0.05) is 48.0 Å². The summed E-state index contributed by atoms with van der Waals surface area (Å²) in [6, 6.07) is 24.4. The van der Waals surface area contributed by atoms with Gasteiger partial charge >= 0.3 is 0 Å². The maximum absolute atomic E-state index is 9.50. The van der Waals surface area contributed by atoms with Crippen LogP contribution in [0.3, 0.4) is 0 Å². The Hall–Kier alpha value is -3.05. The van der Waals surface area contributed by atoms with Crippen LogP contribution in [0.5, 0.6) is 5.75 Å². The highest BCUT2D eigenvalue weighted by Crippen LogP contribution is 2.29. The van der Waals surface area contributed by atoms with Crippen LogP contribution in [0.15, 0.2) is 71.2 Å². The van der Waals surface area contributed by atoms with E-state index in [1.165, 1.54) is 0 Å². The summed E-state index contributed by atoms with van der Waals surface area (Å²) in [5.74, 6) is 0.689. The molecule has 3 nitrogen and oxygen atoms in total. The number of benzene rings is 3. The number of hydrogen-bond acceptors (Lipinski definition) is 3. The van der Waals surface area contributed by atoms with E-state index in [-0.39, 0.29) is 0 Å². The van der Waals surface area contributed by atoms with Gasteiger partial charge in [0.05, 0.1) is 27.7 Å². The van der Waals surface area contributed by atoms with Gasteiger partial charge in [-0.25, -0.2) is 0 Å². The molecule has 136 valence electrons. The first-order chi connectivity index (χ1) is 13.6. The second kappa shape index (κ2) is 9.24. The number of halogens is 2. The molecule has 0 fully saturated rings. The van der Waals surface area contributed by atoms with E-state index in [4.69, 9.17) is 21.6 Å². The van der Waals surface area contributed by atoms with Gasteiger partial charge in [0, 0.05) is 10.6 Å². The lowest BCUT2D eigenvalue weighted by Gasteiger charge is -2.10. The minimum Gasteiger partial charge on any atom is -0.488 e. The summed E-state index contributed by atoms with van der Waals surface area (Å²) in [6.45, 7) is 0.363. The molecule has 0 saturated carbocycles. The van der Waals surface area contributed by atoms with E-state index < -0.39 is 0 Å². The fraction of sp³-hybridized carbons (Fsp3) is 0.0435. The minimum absolute atomic E-state index is 0.363. The highest BCUT2D eigenvalue weighted by molar-refractivity contribution is 9.10. The number of nitrogens with zero attached hydrogens (tertiary/aromatic N) is 2. The third kappa shape index (κ3) is 4.81. The number of nitriles is 2. The third-order valence-electron chi connectivity index (χ3n) is 4.05. The standard InChI is InChI=1S/C23H14BrClN2O/c24-21-12-17(11-20(14-27)18-8-5-16(13-26)6-9-18)7-10-23(21)28-15-19-3-1-2-4-22(19)25/h1-12H,15H2/b20-11-. The molecular formula is C23H14BrClN2O. The van der Waals surface area contributed by atoms with E-state index in [1.807, 2.05) is 42.5 Å². The Kier molecular flexibility index (Phi) is 6.50. The SMILES string of the molecule is N#C/C(=C/c1ccc(OCc2ccccc2Cl)c(Br)c1)c1ccc(C#N)cc1. The van der Waals surface area contributed by atoms with Crippen molar-refractivity contribution in [2.45, 2.75) is 6.61 Å². The number of ether oxygens (including phenoxy) is 1. The van der Waals surface area contributed by atoms with Crippen LogP contribution >= 0.6 is 27.5 Å². The molecule has 0 aromatic heterocycles. The fourth-order valence-electron chi connectivity index (χ4n) is 2.57. The Balaban J connectivity index is 1.79. The molecule has 3 aromatic carbocycles. The molecule has 0 heterocycles. The van der Waals surface area contributed by atoms with Crippen LogP contribution in [-0.2, 0) is 6.61 Å². The first-order valence-electron chi connectivity index (χ1n) is 8.39. The van der Waals surface area contributed by atoms with E-state index >= 15 is 0 Å². The van der Waals surface area contributed by atoms with Crippen LogP contribution in [-0.4, -0.2) is 0 Å². The average molecular weight is 450 g/mol. The molecule has 3 aromatic rings. The van der Waals surface area contributed by atoms with E-state index in [1.54, 1.807) is 30.3 Å². The summed E-state index contributed by atoms with van der Waals surface area (Å²) < 4.78 is 6.64. The third-order valence-corrected chi connectivity index (χ3v) is 5.04. The molecule has 0 bridgehead atoms. The molecule has 0 saturated heterocycles. The van der Waals surface area contributed by atoms with E-state index in [9.17, 15) is 5.26 Å². The van der Waals surface area contributed by atoms with Crippen molar-refractivity contribution < 1.29 is 4.74 Å². The summed E-state index contributed by atoms with van der Waals surface area (Å²) in [6.07, 6.45) is 1.80. The zero-order valence-corrected chi connectivity index (χ0v) is 17.0. The molecular weight excluding hydrogens is 436 g/mol. The summed E-state index contributed by atoms with van der Waals surface area (Å²) in [5, 5.41) is 19.1. The molecule has 3 rings (SSSR count). The highest BCUT2D eigenvalue weighted by atomic mass is 79.9. The second-order valence-corrected chi connectivity index (χ2v) is 7.19. The van der Waals surface area contributed by atoms with Crippen molar-refractivity contribution in [3.63, 3.8) is 0 Å². The van der Waals surface area contributed by atoms with Gasteiger partial charge in [0.25, 0.3) is 0 Å². The zero-order valence-electron chi connectivity index (χ0n) is 14.7. The summed E-state index contributed by atoms with van der Waals surface area (Å²) in [4.78, 5) is 0. The van der Waals surface area contributed by atoms with Crippen molar-refractivity contribution in [1.29, 1.82) is 10.5 Å². The van der Waals surface area contributed by atoms with Crippen molar-refractivity contribution >= 4 is 39.2 Å². The van der Waals surface area contributed by atoms with E-state index in [0.717, 1.165) is 21.2 Å². The van der Waals surface area contributed by atoms with Gasteiger partial charge in [-0.3, -0.25) is 0 Å². The van der Waals surface area contributed by atoms with Crippen LogP contribution in [0.1, 0.15) is 22.3 Å². The van der Waals surface area contributed by atoms with Crippen LogP contribution in [0.2, 0.25) is 5.02 Å². The normalized spacial score (nSPS) is 10.8. The van der Waals surface area contributed by atoms with Gasteiger partial charge in [-0.15, -0.1) is 0 Å². The maximum Gasteiger partial charge on any atom is 0.134 e. The highest BCUT2D eigenvalue weighted by Gasteiger charge is 2.06. The van der Waals surface area contributed by atoms with Crippen molar-refractivity contribution in [3.05, 3.63) is 98.5 Å². The Morgan fingerprint density at radius 1 is 1.04 bits per heavy atom. The van der Waals surface area contributed by atoms with E-state index in [2.05, 4.69) is 28.1 Å². The molecule has 0 aliphatic carbocycles. The van der Waals surface area contributed by atoms with Gasteiger partial charge < -0.3 is 4.74 Å². The lowest BCUT2D eigenvalue weighted by atomic mass is 10.0. The van der Waals surface area contributed by atoms with Crippen molar-refractivity contribution in [2.24, 2.45) is 0 Å². The molecule has 5 heteroatoms. The predicted octanol–water partition coefficient (Wildman–Crippen LogP) is 6.62. The number of rotatable bonds is 5. The molecule has 28 heavy (non-hydrogen) atoms. The largest absolute Gasteiger partial charge is 0.488 e. The molecule has 0 aliphatic rings. The van der Waals surface area contributed by atoms with Crippen molar-refractivity contribution in [2.75, 3.05) is 0 Å². The Morgan fingerprint density at radius 3 is 2.43 bits per heavy atom. The molecule has 0 N–H and O–H groups in total. The van der Waals surface area contributed by atoms with Gasteiger partial charge in [-0.05, 0) is 63.5 Å². The van der Waals surface area contributed by atoms with Gasteiger partial charge in [-0.2, -0.15) is 10.5 Å². The van der Waals surface area contributed by atoms with Gasteiger partial charge in [0.2, 0.25) is 0 Å². The summed E-state index contributed by atoms with van der Waals surface area (Å²) in [7, 11) is 0. The monoisotopic (exact) mass is 448 g/mol. The van der Waals surface area contributed by atoms with E-state index in [0.29, 0.717) is 28.5 Å². The van der Waals surface area contributed by atoms with Crippen LogP contribution < -0.4 is 4.74 Å². The average Bonchev–Trinajstić information content (AvgIpc) is 2.72. The zero-order chi connectivity index (χ0) is 19.9. The number of allylic oxidation sites excluding steroid dienone is 1. The van der Waals surface area contributed by atoms with Crippen LogP contribution in [0, 0.1) is 22.7 Å². The van der Waals surface area contributed by atoms with Crippen molar-refractivity contribution in [1.82, 2.24) is 0 Å². The van der Waals surface area contributed by atoms with Crippen molar-refractivity contribution in [3.8, 4) is 17.9 Å². The summed E-state index contributed by atoms with van der Waals surface area (Å²) >= 11 is 9.68. The molecule has 0 spiro atoms. The maximum atomic E-state index is 9.50. The molecule has 0 aliphatic heterocycles. The van der Waals surface area contributed by atoms with Gasteiger partial charge in [0.15, 0.2) is 0 Å². The van der Waals surface area contributed by atoms with Crippen LogP contribution in [0.4, 0.5) is 0 Å². The lowest BCUT2D eigenvalue weighted by Crippen LogP contribution is -1.97. The Labute approximate surface area is 177 Å². The topological polar surface area (TPSA) is 56.8 Å². The fourth-order valence-corrected chi connectivity index (χ4v) is 3.27. The Morgan fingerprint density at radius 2 is 1.79 bits per heavy atom. The van der Waals surface area contributed by atoms with Crippen LogP contribution in [0.25, 0.3) is 11.6 Å². The molecule has 0 amide bonds. The lowest BCUT2D eigenvalue weighted by molar-refractivity contribution is 0.304. The number of hydrogen-bond donors (Lipinski definition) is 0. The van der Waals surface area contributed by atoms with Gasteiger partial charge in [0.1, 0.15) is 12.4 Å². The minimum atomic E-state index is 0.363. The molecule has 0 atom stereocenters. The Bertz CT molecular complexity index is 1110. The molecule has 0 unspecified atom stereocenters. The second-order valence-electron chi connectivity index (χ2n) is 5.93. The first-order valence-corrected chi connectivity index (χ1v) is 9.56. The first kappa shape index (κ1) is 19.7. The smallest absolute Gasteiger partial charge is 0.134 e. The quantitative estimate of drug-likeness (QED) is 0.325. The predicted molar refractivity (Wildman–Crippen MR) is 115 cm³/mol.